The lowest BCUT2D eigenvalue weighted by atomic mass is 10.1. The Morgan fingerprint density at radius 2 is 1.28 bits per heavy atom. The molecule has 0 nitrogen and oxygen atoms in total. The average Bonchev–Trinajstić information content (AvgIpc) is 2.67. The third-order valence-electron chi connectivity index (χ3n) is 4.89. The van der Waals surface area contributed by atoms with Crippen molar-refractivity contribution in [3.05, 3.63) is 60.2 Å². The molecular formula is C24H35P. The Kier molecular flexibility index (Phi) is 9.90. The van der Waals surface area contributed by atoms with Gasteiger partial charge in [0.05, 0.1) is 0 Å². The molecule has 0 spiro atoms. The fourth-order valence-corrected chi connectivity index (χ4v) is 6.05. The Balaban J connectivity index is 2.10. The van der Waals surface area contributed by atoms with Gasteiger partial charge in [0.1, 0.15) is 0 Å². The fraction of sp³-hybridized carbons (Fsp3) is 0.500. The van der Waals surface area contributed by atoms with E-state index in [0.717, 1.165) is 0 Å². The molecule has 0 radical (unpaired) electrons. The van der Waals surface area contributed by atoms with Crippen LogP contribution < -0.4 is 10.6 Å². The monoisotopic (exact) mass is 354 g/mol. The summed E-state index contributed by atoms with van der Waals surface area (Å²) < 4.78 is 0. The Hall–Kier alpha value is -1.13. The standard InChI is InChI=1S/C24H35P/c1-3-5-7-8-9-15-21-25(23-18-11-10-12-19-23)24-20-14-13-17-22(24)16-6-4-2/h10-14,17-20H,3-9,15-16,21H2,1-2H3. The summed E-state index contributed by atoms with van der Waals surface area (Å²) in [6, 6.07) is 20.5. The second kappa shape index (κ2) is 12.3. The molecule has 0 saturated heterocycles. The predicted molar refractivity (Wildman–Crippen MR) is 116 cm³/mol. The molecule has 2 aromatic rings. The van der Waals surface area contributed by atoms with Crippen LogP contribution in [0, 0.1) is 0 Å². The summed E-state index contributed by atoms with van der Waals surface area (Å²) in [5.41, 5.74) is 1.59. The van der Waals surface area contributed by atoms with E-state index in [0.29, 0.717) is 0 Å². The molecule has 1 atom stereocenters. The molecule has 0 aromatic heterocycles. The molecule has 0 amide bonds. The highest BCUT2D eigenvalue weighted by atomic mass is 31.1. The van der Waals surface area contributed by atoms with Crippen LogP contribution in [-0.2, 0) is 6.42 Å². The van der Waals surface area contributed by atoms with Gasteiger partial charge in [-0.2, -0.15) is 0 Å². The Labute approximate surface area is 156 Å². The molecule has 2 rings (SSSR count). The second-order valence-corrected chi connectivity index (χ2v) is 9.29. The minimum absolute atomic E-state index is 0.213. The maximum Gasteiger partial charge on any atom is -0.0163 e. The van der Waals surface area contributed by atoms with Gasteiger partial charge < -0.3 is 0 Å². The Bertz CT molecular complexity index is 576. The van der Waals surface area contributed by atoms with Gasteiger partial charge in [-0.1, -0.05) is 107 Å². The smallest absolute Gasteiger partial charge is 0.0163 e. The maximum atomic E-state index is 2.40. The van der Waals surface area contributed by atoms with Gasteiger partial charge >= 0.3 is 0 Å². The summed E-state index contributed by atoms with van der Waals surface area (Å²) in [4.78, 5) is 0. The third-order valence-corrected chi connectivity index (χ3v) is 7.59. The highest BCUT2D eigenvalue weighted by molar-refractivity contribution is 7.73. The van der Waals surface area contributed by atoms with Crippen LogP contribution in [0.4, 0.5) is 0 Å². The molecule has 25 heavy (non-hydrogen) atoms. The van der Waals surface area contributed by atoms with Gasteiger partial charge in [-0.05, 0) is 49.5 Å². The van der Waals surface area contributed by atoms with E-state index >= 15 is 0 Å². The van der Waals surface area contributed by atoms with E-state index < -0.39 is 0 Å². The quantitative estimate of drug-likeness (QED) is 0.290. The van der Waals surface area contributed by atoms with Crippen LogP contribution >= 0.6 is 7.92 Å². The van der Waals surface area contributed by atoms with Crippen LogP contribution in [0.5, 0.6) is 0 Å². The average molecular weight is 355 g/mol. The van der Waals surface area contributed by atoms with E-state index in [2.05, 4.69) is 68.4 Å². The summed E-state index contributed by atoms with van der Waals surface area (Å²) in [5.74, 6) is 0. The maximum absolute atomic E-state index is 2.40. The van der Waals surface area contributed by atoms with Crippen LogP contribution in [0.25, 0.3) is 0 Å². The zero-order valence-electron chi connectivity index (χ0n) is 16.2. The molecule has 0 fully saturated rings. The molecule has 2 aromatic carbocycles. The summed E-state index contributed by atoms with van der Waals surface area (Å²) in [6.45, 7) is 4.58. The fourth-order valence-electron chi connectivity index (χ4n) is 3.40. The van der Waals surface area contributed by atoms with E-state index in [9.17, 15) is 0 Å². The third kappa shape index (κ3) is 6.95. The number of unbranched alkanes of at least 4 members (excludes halogenated alkanes) is 6. The first-order chi connectivity index (χ1) is 12.4. The zero-order valence-corrected chi connectivity index (χ0v) is 17.1. The minimum Gasteiger partial charge on any atom is -0.0654 e. The molecule has 0 aliphatic carbocycles. The van der Waals surface area contributed by atoms with Crippen molar-refractivity contribution < 1.29 is 0 Å². The van der Waals surface area contributed by atoms with E-state index in [4.69, 9.17) is 0 Å². The van der Waals surface area contributed by atoms with E-state index in [1.54, 1.807) is 16.2 Å². The number of hydrogen-bond donors (Lipinski definition) is 0. The first-order valence-electron chi connectivity index (χ1n) is 10.3. The highest BCUT2D eigenvalue weighted by Gasteiger charge is 2.16. The zero-order chi connectivity index (χ0) is 17.7. The van der Waals surface area contributed by atoms with Gasteiger partial charge in [0, 0.05) is 0 Å². The molecule has 136 valence electrons. The van der Waals surface area contributed by atoms with Crippen molar-refractivity contribution in [1.82, 2.24) is 0 Å². The molecule has 0 aliphatic heterocycles. The molecule has 0 bridgehead atoms. The van der Waals surface area contributed by atoms with Crippen molar-refractivity contribution in [2.24, 2.45) is 0 Å². The lowest BCUT2D eigenvalue weighted by Crippen LogP contribution is -2.18. The van der Waals surface area contributed by atoms with Gasteiger partial charge in [0.15, 0.2) is 0 Å². The van der Waals surface area contributed by atoms with E-state index in [-0.39, 0.29) is 7.92 Å². The number of hydrogen-bond acceptors (Lipinski definition) is 0. The van der Waals surface area contributed by atoms with Crippen LogP contribution in [-0.4, -0.2) is 6.16 Å². The predicted octanol–water partition coefficient (Wildman–Crippen LogP) is 6.82. The molecular weight excluding hydrogens is 319 g/mol. The van der Waals surface area contributed by atoms with Crippen LogP contribution in [0.15, 0.2) is 54.6 Å². The Morgan fingerprint density at radius 3 is 2.04 bits per heavy atom. The van der Waals surface area contributed by atoms with Crippen molar-refractivity contribution >= 4 is 18.5 Å². The Morgan fingerprint density at radius 1 is 0.640 bits per heavy atom. The van der Waals surface area contributed by atoms with Gasteiger partial charge in [0.25, 0.3) is 0 Å². The van der Waals surface area contributed by atoms with Crippen LogP contribution in [0.2, 0.25) is 0 Å². The van der Waals surface area contributed by atoms with Gasteiger partial charge in [-0.25, -0.2) is 0 Å². The molecule has 1 unspecified atom stereocenters. The molecule has 0 N–H and O–H groups in total. The number of aryl methyl sites for hydroxylation is 1. The number of benzene rings is 2. The van der Waals surface area contributed by atoms with Crippen molar-refractivity contribution in [1.29, 1.82) is 0 Å². The van der Waals surface area contributed by atoms with E-state index in [1.807, 2.05) is 0 Å². The van der Waals surface area contributed by atoms with Crippen molar-refractivity contribution in [3.63, 3.8) is 0 Å². The molecule has 0 heterocycles. The summed E-state index contributed by atoms with van der Waals surface area (Å²) >= 11 is 0. The second-order valence-electron chi connectivity index (χ2n) is 6.99. The van der Waals surface area contributed by atoms with E-state index in [1.165, 1.54) is 63.9 Å². The van der Waals surface area contributed by atoms with Crippen LogP contribution in [0.3, 0.4) is 0 Å². The van der Waals surface area contributed by atoms with Gasteiger partial charge in [-0.3, -0.25) is 0 Å². The molecule has 1 heteroatoms. The molecule has 0 aliphatic rings. The largest absolute Gasteiger partial charge is 0.0654 e. The normalized spacial score (nSPS) is 12.2. The first kappa shape index (κ1) is 20.2. The summed E-state index contributed by atoms with van der Waals surface area (Å²) in [7, 11) is -0.213. The van der Waals surface area contributed by atoms with Crippen LogP contribution in [0.1, 0.15) is 70.8 Å². The summed E-state index contributed by atoms with van der Waals surface area (Å²) in [5, 5.41) is 3.18. The highest BCUT2D eigenvalue weighted by Crippen LogP contribution is 2.36. The topological polar surface area (TPSA) is 0 Å². The lowest BCUT2D eigenvalue weighted by Gasteiger charge is -2.22. The first-order valence-corrected chi connectivity index (χ1v) is 11.8. The number of rotatable bonds is 12. The van der Waals surface area contributed by atoms with Crippen molar-refractivity contribution in [2.75, 3.05) is 6.16 Å². The SMILES string of the molecule is CCCCCCCCP(c1ccccc1)c1ccccc1CCCC. The van der Waals surface area contributed by atoms with Gasteiger partial charge in [-0.15, -0.1) is 0 Å². The minimum atomic E-state index is -0.213. The molecule has 0 saturated carbocycles. The van der Waals surface area contributed by atoms with Crippen molar-refractivity contribution in [3.8, 4) is 0 Å². The van der Waals surface area contributed by atoms with Gasteiger partial charge in [0.2, 0.25) is 0 Å². The lowest BCUT2D eigenvalue weighted by molar-refractivity contribution is 0.626. The van der Waals surface area contributed by atoms with Crippen molar-refractivity contribution in [2.45, 2.75) is 71.6 Å². The summed E-state index contributed by atoms with van der Waals surface area (Å²) in [6.07, 6.45) is 13.4.